The van der Waals surface area contributed by atoms with Crippen LogP contribution >= 0.6 is 0 Å². The Morgan fingerprint density at radius 2 is 2.00 bits per heavy atom. The quantitative estimate of drug-likeness (QED) is 0.536. The van der Waals surface area contributed by atoms with E-state index < -0.39 is 12.0 Å². The smallest absolute Gasteiger partial charge is 0.453 e. The van der Waals surface area contributed by atoms with Gasteiger partial charge in [-0.3, -0.25) is 0 Å². The summed E-state index contributed by atoms with van der Waals surface area (Å²) < 4.78 is 45.8. The fraction of sp³-hybridized carbons (Fsp3) is 0.435. The first-order chi connectivity index (χ1) is 15.9. The standard InChI is InChI=1S/C23H26F3N5O2/c1-33-21-10-9-18(31-22(23(24,25)26)28-29-30-31)12-17(21)13-27-20-8-3-2-7-19(20)16-6-4-5-15(11-16)14-32/h2-3,7-10,12,15-16,27,32H,4-6,11,13-14H2,1H3/t15-,16-/m0/s1. The number of anilines is 1. The average molecular weight is 461 g/mol. The van der Waals surface area contributed by atoms with Crippen molar-refractivity contribution in [1.82, 2.24) is 20.2 Å². The van der Waals surface area contributed by atoms with Crippen molar-refractivity contribution in [3.8, 4) is 11.4 Å². The number of rotatable bonds is 7. The summed E-state index contributed by atoms with van der Waals surface area (Å²) in [4.78, 5) is 0. The third-order valence-electron chi connectivity index (χ3n) is 6.14. The van der Waals surface area contributed by atoms with Crippen LogP contribution in [0.4, 0.5) is 18.9 Å². The van der Waals surface area contributed by atoms with Crippen LogP contribution in [0.5, 0.6) is 5.75 Å². The fourth-order valence-corrected chi connectivity index (χ4v) is 4.52. The van der Waals surface area contributed by atoms with Crippen LogP contribution in [0.15, 0.2) is 42.5 Å². The summed E-state index contributed by atoms with van der Waals surface area (Å²) in [6.45, 7) is 0.542. The maximum atomic E-state index is 13.2. The second kappa shape index (κ2) is 9.78. The summed E-state index contributed by atoms with van der Waals surface area (Å²) in [6.07, 6.45) is -0.550. The molecule has 1 aliphatic carbocycles. The number of ether oxygens (including phenoxy) is 1. The first kappa shape index (κ1) is 23.0. The highest BCUT2D eigenvalue weighted by molar-refractivity contribution is 5.54. The van der Waals surface area contributed by atoms with Gasteiger partial charge in [0.05, 0.1) is 12.8 Å². The van der Waals surface area contributed by atoms with Gasteiger partial charge in [-0.25, -0.2) is 0 Å². The summed E-state index contributed by atoms with van der Waals surface area (Å²) in [5.74, 6) is 0.0205. The average Bonchev–Trinajstić information content (AvgIpc) is 3.34. The number of methoxy groups -OCH3 is 1. The van der Waals surface area contributed by atoms with E-state index in [2.05, 4.69) is 26.9 Å². The molecule has 0 amide bonds. The second-order valence-electron chi connectivity index (χ2n) is 8.26. The SMILES string of the molecule is COc1ccc(-n2nnnc2C(F)(F)F)cc1CNc1ccccc1[C@H]1CCC[C@H](CO)C1. The summed E-state index contributed by atoms with van der Waals surface area (Å²) >= 11 is 0. The number of tetrazole rings is 1. The molecule has 1 saturated carbocycles. The summed E-state index contributed by atoms with van der Waals surface area (Å²) in [7, 11) is 1.52. The van der Waals surface area contributed by atoms with Gasteiger partial charge in [-0.15, -0.1) is 5.10 Å². The van der Waals surface area contributed by atoms with Crippen LogP contribution in [0.1, 0.15) is 48.6 Å². The molecule has 0 bridgehead atoms. The Balaban J connectivity index is 1.58. The summed E-state index contributed by atoms with van der Waals surface area (Å²) in [5.41, 5.74) is 3.01. The van der Waals surface area contributed by atoms with E-state index in [0.29, 0.717) is 34.4 Å². The minimum Gasteiger partial charge on any atom is -0.496 e. The number of para-hydroxylation sites is 1. The molecule has 0 spiro atoms. The van der Waals surface area contributed by atoms with E-state index in [1.54, 1.807) is 12.1 Å². The number of nitrogens with zero attached hydrogens (tertiary/aromatic N) is 4. The number of nitrogens with one attached hydrogen (secondary N) is 1. The Morgan fingerprint density at radius 1 is 1.18 bits per heavy atom. The Kier molecular flexibility index (Phi) is 6.83. The predicted molar refractivity (Wildman–Crippen MR) is 116 cm³/mol. The lowest BCUT2D eigenvalue weighted by Gasteiger charge is -2.29. The van der Waals surface area contributed by atoms with Gasteiger partial charge < -0.3 is 15.2 Å². The van der Waals surface area contributed by atoms with Crippen LogP contribution in [0, 0.1) is 5.92 Å². The highest BCUT2D eigenvalue weighted by Crippen LogP contribution is 2.39. The Hall–Kier alpha value is -3.14. The lowest BCUT2D eigenvalue weighted by molar-refractivity contribution is -0.146. The summed E-state index contributed by atoms with van der Waals surface area (Å²) in [6, 6.07) is 12.7. The van der Waals surface area contributed by atoms with Gasteiger partial charge in [0.25, 0.3) is 5.82 Å². The van der Waals surface area contributed by atoms with Gasteiger partial charge in [-0.2, -0.15) is 17.9 Å². The van der Waals surface area contributed by atoms with E-state index in [9.17, 15) is 18.3 Å². The molecule has 4 rings (SSSR count). The van der Waals surface area contributed by atoms with Crippen molar-refractivity contribution >= 4 is 5.69 Å². The van der Waals surface area contributed by atoms with Gasteiger partial charge in [-0.1, -0.05) is 24.6 Å². The third-order valence-corrected chi connectivity index (χ3v) is 6.14. The molecule has 0 aliphatic heterocycles. The maximum Gasteiger partial charge on any atom is 0.453 e. The first-order valence-electron chi connectivity index (χ1n) is 10.9. The van der Waals surface area contributed by atoms with Crippen molar-refractivity contribution in [2.24, 2.45) is 5.92 Å². The van der Waals surface area contributed by atoms with Crippen molar-refractivity contribution < 1.29 is 23.0 Å². The van der Waals surface area contributed by atoms with Crippen LogP contribution in [0.3, 0.4) is 0 Å². The van der Waals surface area contributed by atoms with Gasteiger partial charge >= 0.3 is 6.18 Å². The van der Waals surface area contributed by atoms with Crippen LogP contribution < -0.4 is 10.1 Å². The summed E-state index contributed by atoms with van der Waals surface area (Å²) in [5, 5.41) is 22.8. The number of halogens is 3. The maximum absolute atomic E-state index is 13.2. The number of aliphatic hydroxyl groups is 1. The molecule has 10 heteroatoms. The van der Waals surface area contributed by atoms with E-state index in [1.807, 2.05) is 18.2 Å². The Labute approximate surface area is 189 Å². The zero-order valence-corrected chi connectivity index (χ0v) is 18.2. The van der Waals surface area contributed by atoms with Gasteiger partial charge in [0.1, 0.15) is 5.75 Å². The molecule has 1 aliphatic rings. The molecule has 7 nitrogen and oxygen atoms in total. The van der Waals surface area contributed by atoms with E-state index in [1.165, 1.54) is 18.7 Å². The number of alkyl halides is 3. The van der Waals surface area contributed by atoms with E-state index in [0.717, 1.165) is 31.4 Å². The van der Waals surface area contributed by atoms with Gasteiger partial charge in [0.2, 0.25) is 0 Å². The van der Waals surface area contributed by atoms with Gasteiger partial charge in [-0.05, 0) is 71.4 Å². The lowest BCUT2D eigenvalue weighted by Crippen LogP contribution is -2.18. The molecule has 176 valence electrons. The number of aromatic nitrogens is 4. The molecule has 2 N–H and O–H groups in total. The van der Waals surface area contributed by atoms with E-state index in [4.69, 9.17) is 4.74 Å². The number of hydrogen-bond donors (Lipinski definition) is 2. The van der Waals surface area contributed by atoms with Crippen molar-refractivity contribution in [1.29, 1.82) is 0 Å². The van der Waals surface area contributed by atoms with Crippen LogP contribution in [-0.4, -0.2) is 39.0 Å². The molecule has 1 fully saturated rings. The number of aliphatic hydroxyl groups excluding tert-OH is 1. The van der Waals surface area contributed by atoms with E-state index >= 15 is 0 Å². The van der Waals surface area contributed by atoms with Crippen LogP contribution in [0.2, 0.25) is 0 Å². The second-order valence-corrected chi connectivity index (χ2v) is 8.26. The molecule has 2 aromatic carbocycles. The molecule has 3 aromatic rings. The zero-order chi connectivity index (χ0) is 23.4. The van der Waals surface area contributed by atoms with E-state index in [-0.39, 0.29) is 12.3 Å². The molecule has 2 atom stereocenters. The van der Waals surface area contributed by atoms with Gasteiger partial charge in [0, 0.05) is 24.4 Å². The predicted octanol–water partition coefficient (Wildman–Crippen LogP) is 4.57. The van der Waals surface area contributed by atoms with Crippen molar-refractivity contribution in [3.63, 3.8) is 0 Å². The monoisotopic (exact) mass is 461 g/mol. The molecule has 0 unspecified atom stereocenters. The van der Waals surface area contributed by atoms with Crippen molar-refractivity contribution in [3.05, 3.63) is 59.4 Å². The molecule has 33 heavy (non-hydrogen) atoms. The van der Waals surface area contributed by atoms with Crippen LogP contribution in [-0.2, 0) is 12.7 Å². The Bertz CT molecular complexity index is 1090. The van der Waals surface area contributed by atoms with Crippen molar-refractivity contribution in [2.45, 2.75) is 44.3 Å². The fourth-order valence-electron chi connectivity index (χ4n) is 4.52. The molecule has 0 radical (unpaired) electrons. The zero-order valence-electron chi connectivity index (χ0n) is 18.2. The Morgan fingerprint density at radius 3 is 2.76 bits per heavy atom. The minimum absolute atomic E-state index is 0.191. The van der Waals surface area contributed by atoms with Crippen LogP contribution in [0.25, 0.3) is 5.69 Å². The number of hydrogen-bond acceptors (Lipinski definition) is 6. The first-order valence-corrected chi connectivity index (χ1v) is 10.9. The third kappa shape index (κ3) is 5.11. The lowest BCUT2D eigenvalue weighted by atomic mass is 9.78. The normalized spacial score (nSPS) is 18.8. The molecule has 0 saturated heterocycles. The molecule has 1 aromatic heterocycles. The topological polar surface area (TPSA) is 85.1 Å². The highest BCUT2D eigenvalue weighted by atomic mass is 19.4. The number of benzene rings is 2. The molecular formula is C23H26F3N5O2. The largest absolute Gasteiger partial charge is 0.496 e. The molecule has 1 heterocycles. The molecular weight excluding hydrogens is 435 g/mol. The van der Waals surface area contributed by atoms with Gasteiger partial charge in [0.15, 0.2) is 0 Å². The highest BCUT2D eigenvalue weighted by Gasteiger charge is 2.38. The minimum atomic E-state index is -4.67. The van der Waals surface area contributed by atoms with Crippen molar-refractivity contribution in [2.75, 3.05) is 19.0 Å².